The van der Waals surface area contributed by atoms with Gasteiger partial charge in [-0.3, -0.25) is 14.4 Å². The van der Waals surface area contributed by atoms with Gasteiger partial charge in [-0.2, -0.15) is 0 Å². The maximum atomic E-state index is 12.4. The van der Waals surface area contributed by atoms with Crippen molar-refractivity contribution in [2.75, 3.05) is 108 Å². The summed E-state index contributed by atoms with van der Waals surface area (Å²) in [5, 5.41) is 13.4. The van der Waals surface area contributed by atoms with Gasteiger partial charge in [0, 0.05) is 95.2 Å². The van der Waals surface area contributed by atoms with Crippen LogP contribution < -0.4 is 94.4 Å². The van der Waals surface area contributed by atoms with Crippen molar-refractivity contribution in [1.29, 1.82) is 0 Å². The van der Waals surface area contributed by atoms with E-state index in [-0.39, 0.29) is 87.9 Å². The quantitative estimate of drug-likeness (QED) is 0.0761. The van der Waals surface area contributed by atoms with E-state index in [0.29, 0.717) is 0 Å². The molecule has 72 heavy (non-hydrogen) atoms. The molecule has 0 N–H and O–H groups in total. The molecule has 0 saturated heterocycles. The Morgan fingerprint density at radius 1 is 0.361 bits per heavy atom. The molecule has 18 heteroatoms. The van der Waals surface area contributed by atoms with Crippen molar-refractivity contribution in [2.24, 2.45) is 0 Å². The third-order valence-corrected chi connectivity index (χ3v) is 13.0. The van der Waals surface area contributed by atoms with Crippen molar-refractivity contribution in [3.63, 3.8) is 0 Å². The molecule has 6 aromatic rings. The summed E-state index contributed by atoms with van der Waals surface area (Å²) < 4.78 is 5.24. The monoisotopic (exact) mass is 1170 g/mol. The highest BCUT2D eigenvalue weighted by Crippen LogP contribution is 2.32. The second-order valence-corrected chi connectivity index (χ2v) is 17.1. The van der Waals surface area contributed by atoms with E-state index >= 15 is 0 Å². The maximum absolute atomic E-state index is 12.4. The molecule has 9 rings (SSSR count). The number of fused-ring (bicyclic) bond motifs is 3. The zero-order valence-corrected chi connectivity index (χ0v) is 47.2. The molecular weight excluding hydrogens is 1100 g/mol. The molecule has 0 radical (unpaired) electrons. The standard InChI is InChI=1S/3C18H23N4O.3BrH/c3*1-3-20-10-11-21(4-2)17-13-22(19-12-16(17)20)14-18(23)15-8-6-5-7-9-15;;;/h3*5-9,12-13H,3-4,10-11,14H2,1-2H3;3*1H/q3*+1;;;/p-3. The van der Waals surface area contributed by atoms with Gasteiger partial charge in [0.25, 0.3) is 0 Å². The summed E-state index contributed by atoms with van der Waals surface area (Å²) in [6.45, 7) is 25.6. The fourth-order valence-corrected chi connectivity index (χ4v) is 9.03. The summed E-state index contributed by atoms with van der Waals surface area (Å²) in [5.74, 6) is 0.234. The second-order valence-electron chi connectivity index (χ2n) is 17.1. The Hall–Kier alpha value is -5.85. The molecule has 15 nitrogen and oxygen atoms in total. The molecule has 3 aliphatic rings. The normalized spacial score (nSPS) is 13.2. The number of halogens is 3. The van der Waals surface area contributed by atoms with Gasteiger partial charge in [0.2, 0.25) is 55.6 Å². The van der Waals surface area contributed by atoms with Crippen LogP contribution in [0.2, 0.25) is 0 Å². The Labute approximate surface area is 457 Å². The summed E-state index contributed by atoms with van der Waals surface area (Å²) in [7, 11) is 0. The van der Waals surface area contributed by atoms with E-state index in [0.717, 1.165) is 129 Å². The van der Waals surface area contributed by atoms with E-state index in [2.05, 4.69) is 86.2 Å². The maximum Gasteiger partial charge on any atom is 0.236 e. The molecule has 0 saturated carbocycles. The molecule has 6 heterocycles. The Balaban J connectivity index is 0.000000230. The lowest BCUT2D eigenvalue weighted by Crippen LogP contribution is -3.00. The molecule has 0 spiro atoms. The summed E-state index contributed by atoms with van der Waals surface area (Å²) in [4.78, 5) is 51.1. The molecule has 3 aromatic heterocycles. The highest BCUT2D eigenvalue weighted by atomic mass is 79.9. The Kier molecular flexibility index (Phi) is 23.7. The number of benzene rings is 3. The van der Waals surface area contributed by atoms with Gasteiger partial charge in [-0.25, -0.2) is 0 Å². The van der Waals surface area contributed by atoms with Crippen LogP contribution in [0.15, 0.2) is 128 Å². The fourth-order valence-electron chi connectivity index (χ4n) is 9.03. The SMILES string of the molecule is CCN1CCN(CC)c2c[n+](CC(=O)c3ccccc3)ncc21.CCN1CCN(CC)c2c[n+](CC(=O)c3ccccc3)ncc21.CCN1CCN(CC)c2c[n+](CC(=O)c3ccccc3)ncc21.[Br-].[Br-].[Br-]. The first kappa shape index (κ1) is 58.7. The van der Waals surface area contributed by atoms with E-state index in [1.807, 2.05) is 128 Å². The molecule has 0 bridgehead atoms. The van der Waals surface area contributed by atoms with E-state index in [1.165, 1.54) is 0 Å². The lowest BCUT2D eigenvalue weighted by Gasteiger charge is -2.36. The van der Waals surface area contributed by atoms with Gasteiger partial charge >= 0.3 is 0 Å². The number of aromatic nitrogens is 6. The molecule has 0 amide bonds. The summed E-state index contributed by atoms with van der Waals surface area (Å²) in [6.07, 6.45) is 11.7. The average Bonchev–Trinajstić information content (AvgIpc) is 3.40. The van der Waals surface area contributed by atoms with E-state index < -0.39 is 0 Å². The van der Waals surface area contributed by atoms with Gasteiger partial charge in [-0.05, 0) is 56.8 Å². The summed E-state index contributed by atoms with van der Waals surface area (Å²) >= 11 is 0. The van der Waals surface area contributed by atoms with Crippen LogP contribution in [0.25, 0.3) is 0 Å². The minimum absolute atomic E-state index is 0. The largest absolute Gasteiger partial charge is 1.00 e. The average molecular weight is 1170 g/mol. The van der Waals surface area contributed by atoms with Crippen LogP contribution in [0, 0.1) is 0 Å². The number of Topliss-reactive ketones (excluding diaryl/α,β-unsaturated/α-hetero) is 3. The van der Waals surface area contributed by atoms with Crippen molar-refractivity contribution < 1.29 is 79.4 Å². The van der Waals surface area contributed by atoms with Gasteiger partial charge in [-0.15, -0.1) is 0 Å². The van der Waals surface area contributed by atoms with E-state index in [9.17, 15) is 14.4 Å². The predicted molar refractivity (Wildman–Crippen MR) is 273 cm³/mol. The molecule has 3 aromatic carbocycles. The van der Waals surface area contributed by atoms with Crippen molar-refractivity contribution in [3.05, 3.63) is 145 Å². The van der Waals surface area contributed by atoms with Gasteiger partial charge in [-0.1, -0.05) is 105 Å². The van der Waals surface area contributed by atoms with Crippen molar-refractivity contribution in [1.82, 2.24) is 15.3 Å². The number of hydrogen-bond acceptors (Lipinski definition) is 12. The van der Waals surface area contributed by atoms with Crippen molar-refractivity contribution in [2.45, 2.75) is 61.2 Å². The molecule has 3 aliphatic heterocycles. The fraction of sp³-hybridized carbons (Fsp3) is 0.389. The number of carbonyl (C=O) groups excluding carboxylic acids is 3. The minimum atomic E-state index is 0. The molecular formula is C54H69Br3N12O3. The number of nitrogens with zero attached hydrogens (tertiary/aromatic N) is 12. The zero-order chi connectivity index (χ0) is 48.7. The topological polar surface area (TPSA) is 121 Å². The third kappa shape index (κ3) is 14.6. The first-order valence-electron chi connectivity index (χ1n) is 24.6. The highest BCUT2D eigenvalue weighted by molar-refractivity contribution is 5.96. The molecule has 0 atom stereocenters. The number of likely N-dealkylation sites (N-methyl/N-ethyl adjacent to an activating group) is 6. The summed E-state index contributed by atoms with van der Waals surface area (Å²) in [5.41, 5.74) is 9.13. The lowest BCUT2D eigenvalue weighted by molar-refractivity contribution is -0.740. The van der Waals surface area contributed by atoms with Crippen LogP contribution >= 0.6 is 0 Å². The molecule has 384 valence electrons. The molecule has 0 fully saturated rings. The number of hydrogen-bond donors (Lipinski definition) is 0. The number of ketones is 3. The molecule has 0 unspecified atom stereocenters. The van der Waals surface area contributed by atoms with Crippen LogP contribution in [0.5, 0.6) is 0 Å². The number of rotatable bonds is 15. The highest BCUT2D eigenvalue weighted by Gasteiger charge is 2.29. The summed E-state index contributed by atoms with van der Waals surface area (Å²) in [6, 6.07) is 28.1. The van der Waals surface area contributed by atoms with Gasteiger partial charge in [0.05, 0.1) is 17.1 Å². The van der Waals surface area contributed by atoms with Crippen LogP contribution in [0.3, 0.4) is 0 Å². The Morgan fingerprint density at radius 2 is 0.569 bits per heavy atom. The number of carbonyl (C=O) groups is 3. The first-order valence-corrected chi connectivity index (χ1v) is 24.6. The van der Waals surface area contributed by atoms with Crippen LogP contribution in [-0.2, 0) is 19.6 Å². The second kappa shape index (κ2) is 29.0. The molecule has 0 aliphatic carbocycles. The van der Waals surface area contributed by atoms with Gasteiger partial charge in [0.15, 0.2) is 0 Å². The number of anilines is 6. The van der Waals surface area contributed by atoms with Crippen molar-refractivity contribution >= 4 is 51.5 Å². The van der Waals surface area contributed by atoms with Crippen LogP contribution in [0.4, 0.5) is 34.1 Å². The van der Waals surface area contributed by atoms with Crippen LogP contribution in [0.1, 0.15) is 72.6 Å². The van der Waals surface area contributed by atoms with Gasteiger partial charge < -0.3 is 80.3 Å². The zero-order valence-electron chi connectivity index (χ0n) is 42.5. The third-order valence-electron chi connectivity index (χ3n) is 13.0. The van der Waals surface area contributed by atoms with Gasteiger partial charge in [0.1, 0.15) is 35.7 Å². The van der Waals surface area contributed by atoms with Crippen LogP contribution in [-0.4, -0.2) is 111 Å². The Morgan fingerprint density at radius 3 is 0.778 bits per heavy atom. The van der Waals surface area contributed by atoms with E-state index in [4.69, 9.17) is 0 Å². The predicted octanol–water partition coefficient (Wildman–Crippen LogP) is -3.23. The first-order chi connectivity index (χ1) is 33.7. The Bertz CT molecular complexity index is 2370. The lowest BCUT2D eigenvalue weighted by atomic mass is 10.1. The smallest absolute Gasteiger partial charge is 0.236 e. The van der Waals surface area contributed by atoms with E-state index in [1.54, 1.807) is 14.0 Å². The minimum Gasteiger partial charge on any atom is -1.00 e. The van der Waals surface area contributed by atoms with Crippen molar-refractivity contribution in [3.8, 4) is 0 Å².